The number of nitrogens with zero attached hydrogens (tertiary/aromatic N) is 4. The fourth-order valence-electron chi connectivity index (χ4n) is 4.41. The molecule has 1 N–H and O–H groups in total. The lowest BCUT2D eigenvalue weighted by Gasteiger charge is -2.54. The van der Waals surface area contributed by atoms with E-state index in [0.717, 1.165) is 16.5 Å². The quantitative estimate of drug-likeness (QED) is 0.934. The van der Waals surface area contributed by atoms with Crippen LogP contribution in [-0.4, -0.2) is 51.0 Å². The Bertz CT molecular complexity index is 612. The Morgan fingerprint density at radius 3 is 2.76 bits per heavy atom. The van der Waals surface area contributed by atoms with Crippen LogP contribution < -0.4 is 4.74 Å². The number of aromatic nitrogens is 4. The van der Waals surface area contributed by atoms with Crippen LogP contribution >= 0.6 is 11.3 Å². The molecule has 0 unspecified atom stereocenters. The van der Waals surface area contributed by atoms with E-state index in [1.807, 2.05) is 6.20 Å². The summed E-state index contributed by atoms with van der Waals surface area (Å²) in [5.41, 5.74) is 0.971. The standard InChI is InChI=1S/C14H17N5OS/c1-8-2-10-7-19(5-8)6-9(1)12(10)20-14-18-17-13(21-14)11-3-15-16-4-11/h3-4,8-10,12H,1-2,5-7H2,(H,15,16)/t8?,9-,10-,12?/m0/s1. The van der Waals surface area contributed by atoms with Gasteiger partial charge in [-0.3, -0.25) is 5.10 Å². The van der Waals surface area contributed by atoms with E-state index in [1.165, 1.54) is 43.8 Å². The van der Waals surface area contributed by atoms with Crippen molar-refractivity contribution >= 4 is 11.3 Å². The van der Waals surface area contributed by atoms with Crippen LogP contribution in [0.1, 0.15) is 12.8 Å². The summed E-state index contributed by atoms with van der Waals surface area (Å²) in [5, 5.41) is 16.8. The summed E-state index contributed by atoms with van der Waals surface area (Å²) in [4.78, 5) is 2.61. The predicted molar refractivity (Wildman–Crippen MR) is 78.1 cm³/mol. The Morgan fingerprint density at radius 1 is 1.19 bits per heavy atom. The third-order valence-electron chi connectivity index (χ3n) is 5.09. The minimum absolute atomic E-state index is 0.336. The Morgan fingerprint density at radius 2 is 2.05 bits per heavy atom. The second-order valence-corrected chi connectivity index (χ2v) is 7.46. The van der Waals surface area contributed by atoms with E-state index in [2.05, 4.69) is 25.3 Å². The summed E-state index contributed by atoms with van der Waals surface area (Å²) in [5.74, 6) is 2.26. The number of nitrogens with one attached hydrogen (secondary N) is 1. The van der Waals surface area contributed by atoms with Gasteiger partial charge in [-0.15, -0.1) is 5.10 Å². The molecule has 5 heterocycles. The first-order chi connectivity index (χ1) is 10.3. The predicted octanol–water partition coefficient (Wildman–Crippen LogP) is 1.65. The topological polar surface area (TPSA) is 66.9 Å². The minimum atomic E-state index is 0.336. The Hall–Kier alpha value is -1.47. The van der Waals surface area contributed by atoms with Crippen molar-refractivity contribution in [3.8, 4) is 15.8 Å². The molecule has 2 aromatic heterocycles. The van der Waals surface area contributed by atoms with E-state index in [-0.39, 0.29) is 0 Å². The Kier molecular flexibility index (Phi) is 2.60. The van der Waals surface area contributed by atoms with Crippen molar-refractivity contribution in [3.05, 3.63) is 12.4 Å². The first-order valence-electron chi connectivity index (χ1n) is 7.57. The molecule has 4 bridgehead atoms. The monoisotopic (exact) mass is 303 g/mol. The fourth-order valence-corrected chi connectivity index (χ4v) is 5.13. The van der Waals surface area contributed by atoms with Crippen LogP contribution in [-0.2, 0) is 0 Å². The van der Waals surface area contributed by atoms with Gasteiger partial charge in [-0.2, -0.15) is 5.10 Å². The summed E-state index contributed by atoms with van der Waals surface area (Å²) in [6.45, 7) is 3.71. The van der Waals surface area contributed by atoms with E-state index < -0.39 is 0 Å². The maximum Gasteiger partial charge on any atom is 0.294 e. The molecular formula is C14H17N5OS. The molecule has 3 saturated heterocycles. The molecule has 0 spiro atoms. The van der Waals surface area contributed by atoms with Crippen LogP contribution in [0.5, 0.6) is 5.19 Å². The van der Waals surface area contributed by atoms with Gasteiger partial charge >= 0.3 is 0 Å². The smallest absolute Gasteiger partial charge is 0.294 e. The summed E-state index contributed by atoms with van der Waals surface area (Å²) in [6.07, 6.45) is 6.58. The van der Waals surface area contributed by atoms with E-state index in [9.17, 15) is 0 Å². The van der Waals surface area contributed by atoms with Crippen molar-refractivity contribution in [2.75, 3.05) is 19.6 Å². The van der Waals surface area contributed by atoms with Crippen LogP contribution in [0.2, 0.25) is 0 Å². The molecule has 4 fully saturated rings. The molecule has 2 atom stereocenters. The number of piperidine rings is 3. The summed E-state index contributed by atoms with van der Waals surface area (Å²) in [7, 11) is 0. The van der Waals surface area contributed by atoms with Crippen molar-refractivity contribution in [3.63, 3.8) is 0 Å². The highest BCUT2D eigenvalue weighted by Crippen LogP contribution is 2.45. The summed E-state index contributed by atoms with van der Waals surface area (Å²) in [6, 6.07) is 0. The minimum Gasteiger partial charge on any atom is -0.465 e. The van der Waals surface area contributed by atoms with E-state index in [1.54, 1.807) is 6.20 Å². The molecular weight excluding hydrogens is 286 g/mol. The maximum atomic E-state index is 6.26. The molecule has 0 aromatic carbocycles. The van der Waals surface area contributed by atoms with E-state index >= 15 is 0 Å². The van der Waals surface area contributed by atoms with E-state index in [0.29, 0.717) is 23.1 Å². The Balaban J connectivity index is 1.36. The second-order valence-electron chi connectivity index (χ2n) is 6.52. The second kappa shape index (κ2) is 4.51. The van der Waals surface area contributed by atoms with Crippen molar-refractivity contribution in [2.45, 2.75) is 18.9 Å². The molecule has 0 amide bonds. The van der Waals surface area contributed by atoms with Crippen LogP contribution in [0.25, 0.3) is 10.6 Å². The first-order valence-corrected chi connectivity index (χ1v) is 8.38. The average Bonchev–Trinajstić information content (AvgIpc) is 3.13. The van der Waals surface area contributed by atoms with Crippen molar-refractivity contribution in [2.24, 2.45) is 17.8 Å². The molecule has 2 aromatic rings. The van der Waals surface area contributed by atoms with Gasteiger partial charge in [-0.05, 0) is 18.8 Å². The van der Waals surface area contributed by atoms with Gasteiger partial charge in [0.05, 0.1) is 11.8 Å². The first kappa shape index (κ1) is 12.1. The Labute approximate surface area is 126 Å². The summed E-state index contributed by atoms with van der Waals surface area (Å²) < 4.78 is 6.26. The molecule has 1 aliphatic carbocycles. The van der Waals surface area contributed by atoms with Gasteiger partial charge in [-0.1, -0.05) is 16.4 Å². The molecule has 6 rings (SSSR count). The molecule has 1 saturated carbocycles. The SMILES string of the molecule is c1n[nH]cc1-c1nnc(OC2[C@H]3CC4C[C@H]2CN(C4)C3)s1. The van der Waals surface area contributed by atoms with Crippen LogP contribution in [0.4, 0.5) is 0 Å². The molecule has 7 heteroatoms. The average molecular weight is 303 g/mol. The van der Waals surface area contributed by atoms with Gasteiger partial charge in [0.2, 0.25) is 0 Å². The number of ether oxygens (including phenoxy) is 1. The highest BCUT2D eigenvalue weighted by atomic mass is 32.1. The zero-order chi connectivity index (χ0) is 13.8. The maximum absolute atomic E-state index is 6.26. The van der Waals surface area contributed by atoms with Gasteiger partial charge in [-0.25, -0.2) is 0 Å². The zero-order valence-corrected chi connectivity index (χ0v) is 12.4. The van der Waals surface area contributed by atoms with Crippen molar-refractivity contribution < 1.29 is 4.74 Å². The molecule has 0 radical (unpaired) electrons. The number of hydrogen-bond donors (Lipinski definition) is 1. The molecule has 6 nitrogen and oxygen atoms in total. The zero-order valence-electron chi connectivity index (χ0n) is 11.6. The van der Waals surface area contributed by atoms with Gasteiger partial charge in [0.1, 0.15) is 6.10 Å². The lowest BCUT2D eigenvalue weighted by Crippen LogP contribution is -2.61. The number of aromatic amines is 1. The van der Waals surface area contributed by atoms with Crippen molar-refractivity contribution in [1.82, 2.24) is 25.3 Å². The molecule has 4 aliphatic rings. The lowest BCUT2D eigenvalue weighted by molar-refractivity contribution is -0.0986. The third kappa shape index (κ3) is 1.98. The summed E-state index contributed by atoms with van der Waals surface area (Å²) >= 11 is 1.52. The number of rotatable bonds is 3. The van der Waals surface area contributed by atoms with Gasteiger partial charge in [0, 0.05) is 37.7 Å². The third-order valence-corrected chi connectivity index (χ3v) is 5.95. The van der Waals surface area contributed by atoms with Gasteiger partial charge in [0.25, 0.3) is 5.19 Å². The van der Waals surface area contributed by atoms with Crippen molar-refractivity contribution in [1.29, 1.82) is 0 Å². The number of hydrogen-bond acceptors (Lipinski definition) is 6. The highest BCUT2D eigenvalue weighted by molar-refractivity contribution is 7.16. The van der Waals surface area contributed by atoms with Crippen LogP contribution in [0.3, 0.4) is 0 Å². The highest BCUT2D eigenvalue weighted by Gasteiger charge is 2.49. The molecule has 3 aliphatic heterocycles. The lowest BCUT2D eigenvalue weighted by atomic mass is 9.66. The number of H-pyrrole nitrogens is 1. The van der Waals surface area contributed by atoms with Crippen LogP contribution in [0.15, 0.2) is 12.4 Å². The van der Waals surface area contributed by atoms with E-state index in [4.69, 9.17) is 4.74 Å². The fraction of sp³-hybridized carbons (Fsp3) is 0.643. The molecule has 21 heavy (non-hydrogen) atoms. The van der Waals surface area contributed by atoms with Gasteiger partial charge in [0.15, 0.2) is 5.01 Å². The molecule has 110 valence electrons. The van der Waals surface area contributed by atoms with Gasteiger partial charge < -0.3 is 9.64 Å². The normalized spacial score (nSPS) is 37.0. The largest absolute Gasteiger partial charge is 0.465 e. The van der Waals surface area contributed by atoms with Crippen LogP contribution in [0, 0.1) is 17.8 Å².